The van der Waals surface area contributed by atoms with E-state index >= 15 is 0 Å². The van der Waals surface area contributed by atoms with E-state index in [2.05, 4.69) is 35.9 Å². The number of carbonyl (C=O) groups excluding carboxylic acids is 1. The van der Waals surface area contributed by atoms with E-state index in [1.165, 1.54) is 6.42 Å². The van der Waals surface area contributed by atoms with Crippen LogP contribution in [0.3, 0.4) is 0 Å². The zero-order chi connectivity index (χ0) is 13.2. The second kappa shape index (κ2) is 5.57. The molecule has 0 aliphatic carbocycles. The fraction of sp³-hybridized carbons (Fsp3) is 0.929. The molecule has 0 aromatic heterocycles. The fourth-order valence-corrected chi connectivity index (χ4v) is 2.82. The van der Waals surface area contributed by atoms with Gasteiger partial charge in [-0.15, -0.1) is 0 Å². The zero-order valence-corrected chi connectivity index (χ0v) is 12.0. The Morgan fingerprint density at radius 2 is 1.94 bits per heavy atom. The molecule has 0 aromatic carbocycles. The van der Waals surface area contributed by atoms with Crippen molar-refractivity contribution in [2.24, 2.45) is 5.41 Å². The van der Waals surface area contributed by atoms with Gasteiger partial charge >= 0.3 is 0 Å². The summed E-state index contributed by atoms with van der Waals surface area (Å²) in [5.41, 5.74) is -0.197. The molecule has 4 heteroatoms. The van der Waals surface area contributed by atoms with Crippen LogP contribution in [0.4, 0.5) is 0 Å². The van der Waals surface area contributed by atoms with Gasteiger partial charge in [-0.2, -0.15) is 0 Å². The number of hydrogen-bond acceptors (Lipinski definition) is 3. The summed E-state index contributed by atoms with van der Waals surface area (Å²) in [6.45, 7) is 12.4. The molecule has 0 spiro atoms. The summed E-state index contributed by atoms with van der Waals surface area (Å²) in [6.07, 6.45) is 2.17. The predicted molar refractivity (Wildman–Crippen MR) is 73.5 cm³/mol. The molecule has 104 valence electrons. The quantitative estimate of drug-likeness (QED) is 0.813. The number of hydrogen-bond donors (Lipinski definition) is 1. The predicted octanol–water partition coefficient (Wildman–Crippen LogP) is 0.929. The molecule has 1 unspecified atom stereocenters. The maximum absolute atomic E-state index is 12.4. The number of rotatable bonds is 3. The van der Waals surface area contributed by atoms with E-state index in [0.717, 1.165) is 45.7 Å². The zero-order valence-electron chi connectivity index (χ0n) is 12.0. The third-order valence-electron chi connectivity index (χ3n) is 4.62. The maximum atomic E-state index is 12.4. The Hall–Kier alpha value is -0.610. The molecule has 2 aliphatic rings. The minimum absolute atomic E-state index is 0.197. The van der Waals surface area contributed by atoms with Crippen molar-refractivity contribution >= 4 is 5.91 Å². The molecule has 2 fully saturated rings. The molecule has 2 rings (SSSR count). The lowest BCUT2D eigenvalue weighted by Gasteiger charge is -2.40. The Bertz CT molecular complexity index is 289. The smallest absolute Gasteiger partial charge is 0.228 e. The molecule has 0 aromatic rings. The lowest BCUT2D eigenvalue weighted by molar-refractivity contribution is -0.142. The van der Waals surface area contributed by atoms with Crippen molar-refractivity contribution in [1.29, 1.82) is 0 Å². The largest absolute Gasteiger partial charge is 0.340 e. The summed E-state index contributed by atoms with van der Waals surface area (Å²) >= 11 is 0. The Labute approximate surface area is 111 Å². The number of piperazine rings is 1. The van der Waals surface area contributed by atoms with Crippen LogP contribution < -0.4 is 5.32 Å². The molecule has 18 heavy (non-hydrogen) atoms. The minimum atomic E-state index is -0.197. The normalized spacial score (nSPS) is 26.6. The molecule has 1 atom stereocenters. The van der Waals surface area contributed by atoms with Crippen LogP contribution in [-0.2, 0) is 4.79 Å². The van der Waals surface area contributed by atoms with Gasteiger partial charge in [-0.25, -0.2) is 0 Å². The standard InChI is InChI=1S/C14H27N3O/c1-4-14(2,3)13(18)17-9-7-16(8-10-17)12-5-6-15-11-12/h12,15H,4-11H2,1-3H3. The van der Waals surface area contributed by atoms with Gasteiger partial charge < -0.3 is 10.2 Å². The van der Waals surface area contributed by atoms with Gasteiger partial charge in [-0.05, 0) is 19.4 Å². The first-order valence-corrected chi connectivity index (χ1v) is 7.29. The summed E-state index contributed by atoms with van der Waals surface area (Å²) in [4.78, 5) is 17.0. The van der Waals surface area contributed by atoms with E-state index < -0.39 is 0 Å². The van der Waals surface area contributed by atoms with Crippen LogP contribution in [0.15, 0.2) is 0 Å². The molecule has 1 amide bonds. The van der Waals surface area contributed by atoms with Gasteiger partial charge in [0, 0.05) is 44.2 Å². The Balaban J connectivity index is 1.84. The number of carbonyl (C=O) groups is 1. The second-order valence-corrected chi connectivity index (χ2v) is 6.21. The molecule has 0 radical (unpaired) electrons. The second-order valence-electron chi connectivity index (χ2n) is 6.21. The Morgan fingerprint density at radius 3 is 2.44 bits per heavy atom. The lowest BCUT2D eigenvalue weighted by Crippen LogP contribution is -2.54. The highest BCUT2D eigenvalue weighted by Gasteiger charge is 2.33. The van der Waals surface area contributed by atoms with Gasteiger partial charge in [0.1, 0.15) is 0 Å². The summed E-state index contributed by atoms with van der Waals surface area (Å²) < 4.78 is 0. The van der Waals surface area contributed by atoms with Gasteiger partial charge in [0.15, 0.2) is 0 Å². The minimum Gasteiger partial charge on any atom is -0.340 e. The average Bonchev–Trinajstić information content (AvgIpc) is 2.92. The highest BCUT2D eigenvalue weighted by atomic mass is 16.2. The maximum Gasteiger partial charge on any atom is 0.228 e. The summed E-state index contributed by atoms with van der Waals surface area (Å²) in [6, 6.07) is 0.696. The van der Waals surface area contributed by atoms with Crippen molar-refractivity contribution in [2.75, 3.05) is 39.3 Å². The first-order chi connectivity index (χ1) is 8.54. The Morgan fingerprint density at radius 1 is 1.28 bits per heavy atom. The van der Waals surface area contributed by atoms with Crippen molar-refractivity contribution < 1.29 is 4.79 Å². The van der Waals surface area contributed by atoms with Gasteiger partial charge in [0.05, 0.1) is 0 Å². The average molecular weight is 253 g/mol. The summed E-state index contributed by atoms with van der Waals surface area (Å²) in [5.74, 6) is 0.328. The molecule has 0 saturated carbocycles. The van der Waals surface area contributed by atoms with E-state index in [1.54, 1.807) is 0 Å². The van der Waals surface area contributed by atoms with Crippen LogP contribution in [0.25, 0.3) is 0 Å². The summed E-state index contributed by atoms with van der Waals surface area (Å²) in [7, 11) is 0. The highest BCUT2D eigenvalue weighted by Crippen LogP contribution is 2.24. The van der Waals surface area contributed by atoms with Gasteiger partial charge in [-0.3, -0.25) is 9.69 Å². The molecular weight excluding hydrogens is 226 g/mol. The van der Waals surface area contributed by atoms with Crippen LogP contribution in [0, 0.1) is 5.41 Å². The van der Waals surface area contributed by atoms with E-state index in [-0.39, 0.29) is 5.41 Å². The van der Waals surface area contributed by atoms with Crippen LogP contribution >= 0.6 is 0 Å². The molecule has 2 heterocycles. The van der Waals surface area contributed by atoms with Crippen molar-refractivity contribution in [3.63, 3.8) is 0 Å². The third-order valence-corrected chi connectivity index (χ3v) is 4.62. The molecule has 0 bridgehead atoms. The van der Waals surface area contributed by atoms with Crippen LogP contribution in [-0.4, -0.2) is 61.0 Å². The summed E-state index contributed by atoms with van der Waals surface area (Å²) in [5, 5.41) is 3.41. The van der Waals surface area contributed by atoms with Gasteiger partial charge in [0.2, 0.25) is 5.91 Å². The number of nitrogens with one attached hydrogen (secondary N) is 1. The van der Waals surface area contributed by atoms with Gasteiger partial charge in [0.25, 0.3) is 0 Å². The molecular formula is C14H27N3O. The van der Waals surface area contributed by atoms with E-state index in [1.807, 2.05) is 0 Å². The monoisotopic (exact) mass is 253 g/mol. The topological polar surface area (TPSA) is 35.6 Å². The van der Waals surface area contributed by atoms with Crippen LogP contribution in [0.2, 0.25) is 0 Å². The molecule has 4 nitrogen and oxygen atoms in total. The first kappa shape index (κ1) is 13.8. The molecule has 2 saturated heterocycles. The van der Waals surface area contributed by atoms with E-state index in [9.17, 15) is 4.79 Å². The first-order valence-electron chi connectivity index (χ1n) is 7.29. The van der Waals surface area contributed by atoms with Crippen LogP contribution in [0.1, 0.15) is 33.6 Å². The molecule has 1 N–H and O–H groups in total. The fourth-order valence-electron chi connectivity index (χ4n) is 2.82. The van der Waals surface area contributed by atoms with Crippen molar-refractivity contribution in [3.05, 3.63) is 0 Å². The number of nitrogens with zero attached hydrogens (tertiary/aromatic N) is 2. The van der Waals surface area contributed by atoms with Crippen molar-refractivity contribution in [2.45, 2.75) is 39.7 Å². The number of amides is 1. The van der Waals surface area contributed by atoms with E-state index in [0.29, 0.717) is 11.9 Å². The Kier molecular flexibility index (Phi) is 4.28. The lowest BCUT2D eigenvalue weighted by atomic mass is 9.88. The van der Waals surface area contributed by atoms with E-state index in [4.69, 9.17) is 0 Å². The van der Waals surface area contributed by atoms with Crippen molar-refractivity contribution in [3.8, 4) is 0 Å². The highest BCUT2D eigenvalue weighted by molar-refractivity contribution is 5.82. The van der Waals surface area contributed by atoms with Crippen LogP contribution in [0.5, 0.6) is 0 Å². The SMILES string of the molecule is CCC(C)(C)C(=O)N1CCN(C2CCNC2)CC1. The van der Waals surface area contributed by atoms with Gasteiger partial charge in [-0.1, -0.05) is 20.8 Å². The van der Waals surface area contributed by atoms with Crippen molar-refractivity contribution in [1.82, 2.24) is 15.1 Å². The third kappa shape index (κ3) is 2.86. The molecule has 2 aliphatic heterocycles.